The van der Waals surface area contributed by atoms with Crippen LogP contribution in [0, 0.1) is 11.3 Å². The van der Waals surface area contributed by atoms with E-state index in [1.54, 1.807) is 6.92 Å². The second-order valence-corrected chi connectivity index (χ2v) is 7.38. The molecule has 0 aromatic rings. The summed E-state index contributed by atoms with van der Waals surface area (Å²) in [6.45, 7) is 12.6. The van der Waals surface area contributed by atoms with E-state index in [1.165, 1.54) is 0 Å². The molecule has 0 aliphatic rings. The monoisotopic (exact) mass is 286 g/mol. The summed E-state index contributed by atoms with van der Waals surface area (Å²) in [6, 6.07) is -0.192. The number of rotatable bonds is 7. The molecule has 0 aliphatic carbocycles. The van der Waals surface area contributed by atoms with Crippen molar-refractivity contribution in [2.24, 2.45) is 11.3 Å². The number of amides is 2. The van der Waals surface area contributed by atoms with Gasteiger partial charge in [0, 0.05) is 12.1 Å². The molecule has 2 amide bonds. The smallest absolute Gasteiger partial charge is 0.315 e. The van der Waals surface area contributed by atoms with Gasteiger partial charge in [0.25, 0.3) is 0 Å². The van der Waals surface area contributed by atoms with Gasteiger partial charge >= 0.3 is 12.0 Å². The van der Waals surface area contributed by atoms with Crippen LogP contribution in [0.3, 0.4) is 0 Å². The zero-order chi connectivity index (χ0) is 16.0. The summed E-state index contributed by atoms with van der Waals surface area (Å²) in [5.41, 5.74) is -0.121. The maximum atomic E-state index is 11.8. The molecular weight excluding hydrogens is 256 g/mol. The lowest BCUT2D eigenvalue weighted by molar-refractivity contribution is -0.141. The standard InChI is InChI=1S/C15H30N2O3/c1-11(12(18)19)8-7-9-16-13(20)17-15(5,6)10-14(2,3)4/h11H,7-10H2,1-6H3,(H,18,19)(H2,16,17,20). The van der Waals surface area contributed by atoms with Crippen LogP contribution in [0.4, 0.5) is 4.79 Å². The largest absolute Gasteiger partial charge is 0.481 e. The van der Waals surface area contributed by atoms with Crippen molar-refractivity contribution >= 4 is 12.0 Å². The van der Waals surface area contributed by atoms with Crippen molar-refractivity contribution in [2.75, 3.05) is 6.54 Å². The van der Waals surface area contributed by atoms with E-state index in [2.05, 4.69) is 31.4 Å². The maximum Gasteiger partial charge on any atom is 0.315 e. The number of nitrogens with one attached hydrogen (secondary N) is 2. The van der Waals surface area contributed by atoms with Crippen LogP contribution < -0.4 is 10.6 Å². The van der Waals surface area contributed by atoms with Crippen LogP contribution in [0.25, 0.3) is 0 Å². The van der Waals surface area contributed by atoms with Gasteiger partial charge in [-0.3, -0.25) is 4.79 Å². The molecule has 0 fully saturated rings. The zero-order valence-corrected chi connectivity index (χ0v) is 13.7. The van der Waals surface area contributed by atoms with Gasteiger partial charge in [-0.15, -0.1) is 0 Å². The van der Waals surface area contributed by atoms with Gasteiger partial charge in [0.2, 0.25) is 0 Å². The highest BCUT2D eigenvalue weighted by molar-refractivity contribution is 5.74. The molecule has 3 N–H and O–H groups in total. The Balaban J connectivity index is 3.97. The molecule has 0 radical (unpaired) electrons. The SMILES string of the molecule is CC(CCCNC(=O)NC(C)(C)CC(C)(C)C)C(=O)O. The Morgan fingerprint density at radius 3 is 2.15 bits per heavy atom. The summed E-state index contributed by atoms with van der Waals surface area (Å²) >= 11 is 0. The van der Waals surface area contributed by atoms with E-state index in [0.717, 1.165) is 6.42 Å². The summed E-state index contributed by atoms with van der Waals surface area (Å²) in [7, 11) is 0. The minimum atomic E-state index is -0.791. The molecule has 0 saturated heterocycles. The highest BCUT2D eigenvalue weighted by Crippen LogP contribution is 2.26. The van der Waals surface area contributed by atoms with Gasteiger partial charge in [0.15, 0.2) is 0 Å². The van der Waals surface area contributed by atoms with Crippen LogP contribution in [-0.2, 0) is 4.79 Å². The van der Waals surface area contributed by atoms with Crippen molar-refractivity contribution in [1.82, 2.24) is 10.6 Å². The molecule has 0 aromatic heterocycles. The van der Waals surface area contributed by atoms with Gasteiger partial charge in [-0.2, -0.15) is 0 Å². The topological polar surface area (TPSA) is 78.4 Å². The molecule has 5 heteroatoms. The van der Waals surface area contributed by atoms with Crippen LogP contribution in [0.2, 0.25) is 0 Å². The first-order valence-electron chi connectivity index (χ1n) is 7.22. The third-order valence-corrected chi connectivity index (χ3v) is 2.95. The molecule has 0 rings (SSSR count). The number of carbonyl (C=O) groups is 2. The summed E-state index contributed by atoms with van der Waals surface area (Å²) in [5.74, 6) is -1.15. The number of carbonyl (C=O) groups excluding carboxylic acids is 1. The number of carboxylic acids is 1. The maximum absolute atomic E-state index is 11.8. The molecule has 0 bridgehead atoms. The van der Waals surface area contributed by atoms with Crippen LogP contribution >= 0.6 is 0 Å². The van der Waals surface area contributed by atoms with E-state index in [4.69, 9.17) is 5.11 Å². The Labute approximate surface area is 122 Å². The number of carboxylic acid groups (broad SMARTS) is 1. The average molecular weight is 286 g/mol. The van der Waals surface area contributed by atoms with Gasteiger partial charge in [-0.05, 0) is 38.5 Å². The van der Waals surface area contributed by atoms with Gasteiger partial charge in [0.1, 0.15) is 0 Å². The lowest BCUT2D eigenvalue weighted by Crippen LogP contribution is -2.50. The van der Waals surface area contributed by atoms with Gasteiger partial charge in [-0.25, -0.2) is 4.79 Å². The summed E-state index contributed by atoms with van der Waals surface area (Å²) in [5, 5.41) is 14.5. The third-order valence-electron chi connectivity index (χ3n) is 2.95. The highest BCUT2D eigenvalue weighted by Gasteiger charge is 2.26. The Hall–Kier alpha value is -1.26. The molecule has 0 heterocycles. The van der Waals surface area contributed by atoms with Gasteiger partial charge in [-0.1, -0.05) is 27.7 Å². The molecule has 0 saturated carbocycles. The lowest BCUT2D eigenvalue weighted by Gasteiger charge is -2.33. The fraction of sp³-hybridized carbons (Fsp3) is 0.867. The fourth-order valence-electron chi connectivity index (χ4n) is 2.46. The molecule has 0 aliphatic heterocycles. The van der Waals surface area contributed by atoms with Crippen molar-refractivity contribution in [3.05, 3.63) is 0 Å². The van der Waals surface area contributed by atoms with Crippen LogP contribution in [-0.4, -0.2) is 29.2 Å². The van der Waals surface area contributed by atoms with Crippen molar-refractivity contribution in [3.8, 4) is 0 Å². The first-order valence-corrected chi connectivity index (χ1v) is 7.22. The van der Waals surface area contributed by atoms with E-state index in [0.29, 0.717) is 19.4 Å². The number of hydrogen-bond donors (Lipinski definition) is 3. The van der Waals surface area contributed by atoms with E-state index < -0.39 is 5.97 Å². The average Bonchev–Trinajstić information content (AvgIpc) is 2.19. The van der Waals surface area contributed by atoms with Crippen molar-refractivity contribution in [2.45, 2.75) is 66.3 Å². The minimum absolute atomic E-state index is 0.147. The first-order chi connectivity index (χ1) is 8.93. The molecule has 1 unspecified atom stereocenters. The number of hydrogen-bond acceptors (Lipinski definition) is 2. The quantitative estimate of drug-likeness (QED) is 0.629. The van der Waals surface area contributed by atoms with E-state index in [9.17, 15) is 9.59 Å². The summed E-state index contributed by atoms with van der Waals surface area (Å²) < 4.78 is 0. The lowest BCUT2D eigenvalue weighted by atomic mass is 9.82. The molecule has 0 spiro atoms. The van der Waals surface area contributed by atoms with Crippen LogP contribution in [0.1, 0.15) is 60.8 Å². The minimum Gasteiger partial charge on any atom is -0.481 e. The van der Waals surface area contributed by atoms with Crippen molar-refractivity contribution < 1.29 is 14.7 Å². The number of aliphatic carboxylic acids is 1. The van der Waals surface area contributed by atoms with Gasteiger partial charge in [0.05, 0.1) is 5.92 Å². The Kier molecular flexibility index (Phi) is 7.03. The van der Waals surface area contributed by atoms with Gasteiger partial charge < -0.3 is 15.7 Å². The van der Waals surface area contributed by atoms with E-state index in [-0.39, 0.29) is 22.9 Å². The first kappa shape index (κ1) is 18.7. The molecular formula is C15H30N2O3. The van der Waals surface area contributed by atoms with E-state index >= 15 is 0 Å². The fourth-order valence-corrected chi connectivity index (χ4v) is 2.46. The predicted octanol–water partition coefficient (Wildman–Crippen LogP) is 3.00. The zero-order valence-electron chi connectivity index (χ0n) is 13.7. The molecule has 1 atom stereocenters. The molecule has 20 heavy (non-hydrogen) atoms. The second-order valence-electron chi connectivity index (χ2n) is 7.38. The third kappa shape index (κ3) is 9.64. The second kappa shape index (κ2) is 7.50. The molecule has 118 valence electrons. The Morgan fingerprint density at radius 2 is 1.70 bits per heavy atom. The molecule has 0 aromatic carbocycles. The highest BCUT2D eigenvalue weighted by atomic mass is 16.4. The summed E-state index contributed by atoms with van der Waals surface area (Å²) in [4.78, 5) is 22.4. The van der Waals surface area contributed by atoms with E-state index in [1.807, 2.05) is 13.8 Å². The predicted molar refractivity (Wildman–Crippen MR) is 80.7 cm³/mol. The number of urea groups is 1. The van der Waals surface area contributed by atoms with Crippen LogP contribution in [0.15, 0.2) is 0 Å². The Morgan fingerprint density at radius 1 is 1.15 bits per heavy atom. The normalized spacial score (nSPS) is 13.7. The van der Waals surface area contributed by atoms with Crippen LogP contribution in [0.5, 0.6) is 0 Å². The van der Waals surface area contributed by atoms with Crippen molar-refractivity contribution in [3.63, 3.8) is 0 Å². The Bertz CT molecular complexity index is 333. The summed E-state index contributed by atoms with van der Waals surface area (Å²) in [6.07, 6.45) is 2.12. The molecule has 5 nitrogen and oxygen atoms in total. The van der Waals surface area contributed by atoms with Crippen molar-refractivity contribution in [1.29, 1.82) is 0 Å².